The van der Waals surface area contributed by atoms with Crippen LogP contribution in [0.5, 0.6) is 11.5 Å². The van der Waals surface area contributed by atoms with Crippen molar-refractivity contribution < 1.29 is 14.6 Å². The Morgan fingerprint density at radius 2 is 2.00 bits per heavy atom. The number of likely N-dealkylation sites (tertiary alicyclic amines) is 1. The molecule has 1 spiro atoms. The smallest absolute Gasteiger partial charge is 0.241 e. The van der Waals surface area contributed by atoms with E-state index in [0.29, 0.717) is 18.8 Å². The highest BCUT2D eigenvalue weighted by atomic mass is 16.5. The number of ether oxygens (including phenoxy) is 1. The molecule has 5 heteroatoms. The van der Waals surface area contributed by atoms with Gasteiger partial charge in [0.25, 0.3) is 0 Å². The lowest BCUT2D eigenvalue weighted by molar-refractivity contribution is -0.136. The molecule has 2 heterocycles. The maximum atomic E-state index is 13.2. The van der Waals surface area contributed by atoms with E-state index in [-0.39, 0.29) is 11.7 Å². The van der Waals surface area contributed by atoms with Crippen LogP contribution in [0.4, 0.5) is 0 Å². The minimum atomic E-state index is -0.534. The average Bonchev–Trinajstić information content (AvgIpc) is 2.82. The second-order valence-corrected chi connectivity index (χ2v) is 7.53. The molecular weight excluding hydrogens is 340 g/mol. The van der Waals surface area contributed by atoms with Crippen LogP contribution in [0.1, 0.15) is 36.0 Å². The van der Waals surface area contributed by atoms with Crippen molar-refractivity contribution in [1.82, 2.24) is 10.2 Å². The van der Waals surface area contributed by atoms with E-state index in [1.807, 2.05) is 12.1 Å². The number of hydrogen-bond donors (Lipinski definition) is 2. The fourth-order valence-electron chi connectivity index (χ4n) is 4.49. The van der Waals surface area contributed by atoms with Crippen LogP contribution in [0.3, 0.4) is 0 Å². The molecule has 0 saturated carbocycles. The third-order valence-corrected chi connectivity index (χ3v) is 5.97. The van der Waals surface area contributed by atoms with Gasteiger partial charge in [-0.05, 0) is 43.0 Å². The molecule has 0 aromatic heterocycles. The molecule has 5 nitrogen and oxygen atoms in total. The molecule has 2 N–H and O–H groups in total. The Labute approximate surface area is 160 Å². The molecule has 1 atom stereocenters. The summed E-state index contributed by atoms with van der Waals surface area (Å²) >= 11 is 0. The summed E-state index contributed by atoms with van der Waals surface area (Å²) in [6.45, 7) is 2.09. The topological polar surface area (TPSA) is 61.8 Å². The molecule has 2 aromatic carbocycles. The molecule has 1 saturated heterocycles. The zero-order valence-corrected chi connectivity index (χ0v) is 15.7. The predicted octanol–water partition coefficient (Wildman–Crippen LogP) is 3.00. The first kappa shape index (κ1) is 17.9. The molecule has 4 rings (SSSR count). The molecule has 1 fully saturated rings. The van der Waals surface area contributed by atoms with Crippen LogP contribution < -0.4 is 10.1 Å². The minimum Gasteiger partial charge on any atom is -0.508 e. The summed E-state index contributed by atoms with van der Waals surface area (Å²) in [5.41, 5.74) is 2.91. The Hall–Kier alpha value is -2.53. The predicted molar refractivity (Wildman–Crippen MR) is 104 cm³/mol. The number of benzene rings is 2. The van der Waals surface area contributed by atoms with Gasteiger partial charge in [0.1, 0.15) is 17.0 Å². The Morgan fingerprint density at radius 3 is 2.81 bits per heavy atom. The van der Waals surface area contributed by atoms with Gasteiger partial charge in [0.05, 0.1) is 7.11 Å². The molecule has 27 heavy (non-hydrogen) atoms. The van der Waals surface area contributed by atoms with Gasteiger partial charge in [-0.2, -0.15) is 0 Å². The lowest BCUT2D eigenvalue weighted by Gasteiger charge is -2.45. The van der Waals surface area contributed by atoms with Crippen molar-refractivity contribution >= 4 is 5.91 Å². The summed E-state index contributed by atoms with van der Waals surface area (Å²) in [6, 6.07) is 13.5. The maximum Gasteiger partial charge on any atom is 0.241 e. The summed E-state index contributed by atoms with van der Waals surface area (Å²) < 4.78 is 5.46. The molecule has 1 unspecified atom stereocenters. The zero-order valence-electron chi connectivity index (χ0n) is 15.7. The number of carbonyl (C=O) groups is 1. The van der Waals surface area contributed by atoms with Crippen molar-refractivity contribution in [1.29, 1.82) is 0 Å². The van der Waals surface area contributed by atoms with Crippen LogP contribution in [0.15, 0.2) is 42.5 Å². The van der Waals surface area contributed by atoms with E-state index in [1.165, 1.54) is 11.1 Å². The van der Waals surface area contributed by atoms with Gasteiger partial charge in [-0.3, -0.25) is 9.69 Å². The lowest BCUT2D eigenvalue weighted by atomic mass is 9.80. The number of nitrogens with zero attached hydrogens (tertiary/aromatic N) is 1. The van der Waals surface area contributed by atoms with Crippen LogP contribution >= 0.6 is 0 Å². The SMILES string of the molecule is COc1cc(O)ccc1CN1CCCCC12Cc1ccccc1CNC2=O. The van der Waals surface area contributed by atoms with E-state index < -0.39 is 5.54 Å². The van der Waals surface area contributed by atoms with Gasteiger partial charge >= 0.3 is 0 Å². The lowest BCUT2D eigenvalue weighted by Crippen LogP contribution is -2.60. The monoisotopic (exact) mass is 366 g/mol. The Bertz CT molecular complexity index is 851. The number of amides is 1. The molecular formula is C22H26N2O3. The van der Waals surface area contributed by atoms with Gasteiger partial charge in [0, 0.05) is 31.1 Å². The number of methoxy groups -OCH3 is 1. The summed E-state index contributed by atoms with van der Waals surface area (Å²) in [5, 5.41) is 12.9. The van der Waals surface area contributed by atoms with Crippen molar-refractivity contribution in [2.75, 3.05) is 13.7 Å². The second-order valence-electron chi connectivity index (χ2n) is 7.53. The van der Waals surface area contributed by atoms with Crippen molar-refractivity contribution in [2.24, 2.45) is 0 Å². The quantitative estimate of drug-likeness (QED) is 0.877. The van der Waals surface area contributed by atoms with Gasteiger partial charge in [0.15, 0.2) is 0 Å². The van der Waals surface area contributed by atoms with E-state index in [1.54, 1.807) is 19.2 Å². The van der Waals surface area contributed by atoms with Crippen molar-refractivity contribution in [3.05, 3.63) is 59.2 Å². The van der Waals surface area contributed by atoms with Crippen molar-refractivity contribution in [3.63, 3.8) is 0 Å². The summed E-state index contributed by atoms with van der Waals surface area (Å²) in [4.78, 5) is 15.6. The van der Waals surface area contributed by atoms with Crippen molar-refractivity contribution in [3.8, 4) is 11.5 Å². The van der Waals surface area contributed by atoms with Crippen molar-refractivity contribution in [2.45, 2.75) is 44.3 Å². The third kappa shape index (κ3) is 3.28. The summed E-state index contributed by atoms with van der Waals surface area (Å²) in [6.07, 6.45) is 3.72. The van der Waals surface area contributed by atoms with Crippen LogP contribution in [0.2, 0.25) is 0 Å². The molecule has 2 aliphatic rings. The number of carbonyl (C=O) groups excluding carboxylic acids is 1. The highest BCUT2D eigenvalue weighted by molar-refractivity contribution is 5.87. The summed E-state index contributed by atoms with van der Waals surface area (Å²) in [7, 11) is 1.61. The normalized spacial score (nSPS) is 22.8. The van der Waals surface area contributed by atoms with E-state index >= 15 is 0 Å². The largest absolute Gasteiger partial charge is 0.508 e. The number of hydrogen-bond acceptors (Lipinski definition) is 4. The molecule has 142 valence electrons. The third-order valence-electron chi connectivity index (χ3n) is 5.97. The standard InChI is InChI=1S/C22H26N2O3/c1-27-20-12-19(25)9-8-18(20)15-24-11-5-4-10-22(24)13-16-6-2-3-7-17(16)14-23-21(22)26/h2-3,6-9,12,25H,4-5,10-11,13-15H2,1H3,(H,23,26). The number of nitrogens with one attached hydrogen (secondary N) is 1. The number of fused-ring (bicyclic) bond motifs is 1. The Kier molecular flexibility index (Phi) is 4.79. The van der Waals surface area contributed by atoms with Gasteiger partial charge < -0.3 is 15.2 Å². The Balaban J connectivity index is 1.70. The van der Waals surface area contributed by atoms with Crippen LogP contribution in [0.25, 0.3) is 0 Å². The minimum absolute atomic E-state index is 0.121. The highest BCUT2D eigenvalue weighted by Crippen LogP contribution is 2.37. The number of aromatic hydroxyl groups is 1. The Morgan fingerprint density at radius 1 is 1.19 bits per heavy atom. The fraction of sp³-hybridized carbons (Fsp3) is 0.409. The molecule has 2 aromatic rings. The van der Waals surface area contributed by atoms with Crippen LogP contribution in [-0.2, 0) is 24.3 Å². The molecule has 0 bridgehead atoms. The van der Waals surface area contributed by atoms with E-state index in [9.17, 15) is 9.90 Å². The zero-order chi connectivity index (χ0) is 18.9. The first-order valence-corrected chi connectivity index (χ1v) is 9.58. The van der Waals surface area contributed by atoms with Gasteiger partial charge in [-0.25, -0.2) is 0 Å². The number of phenolic OH excluding ortho intramolecular Hbond substituents is 1. The van der Waals surface area contributed by atoms with E-state index in [4.69, 9.17) is 4.74 Å². The van der Waals surface area contributed by atoms with Crippen LogP contribution in [-0.4, -0.2) is 35.1 Å². The second kappa shape index (κ2) is 7.24. The van der Waals surface area contributed by atoms with Gasteiger partial charge in [0.2, 0.25) is 5.91 Å². The number of rotatable bonds is 3. The maximum absolute atomic E-state index is 13.2. The fourth-order valence-corrected chi connectivity index (χ4v) is 4.49. The molecule has 0 radical (unpaired) electrons. The summed E-state index contributed by atoms with van der Waals surface area (Å²) in [5.74, 6) is 0.964. The molecule has 0 aliphatic carbocycles. The average molecular weight is 366 g/mol. The van der Waals surface area contributed by atoms with Gasteiger partial charge in [-0.1, -0.05) is 30.3 Å². The first-order valence-electron chi connectivity index (χ1n) is 9.58. The first-order chi connectivity index (χ1) is 13.1. The number of piperidine rings is 1. The number of phenols is 1. The van der Waals surface area contributed by atoms with Gasteiger partial charge in [-0.15, -0.1) is 0 Å². The molecule has 2 aliphatic heterocycles. The van der Waals surface area contributed by atoms with E-state index in [0.717, 1.165) is 37.8 Å². The molecule has 1 amide bonds. The highest BCUT2D eigenvalue weighted by Gasteiger charge is 2.46. The van der Waals surface area contributed by atoms with E-state index in [2.05, 4.69) is 28.4 Å². The van der Waals surface area contributed by atoms with Crippen LogP contribution in [0, 0.1) is 0 Å².